The maximum absolute atomic E-state index is 12.8. The topological polar surface area (TPSA) is 55.4 Å². The van der Waals surface area contributed by atoms with Crippen molar-refractivity contribution in [2.75, 3.05) is 11.6 Å². The number of hydrogen-bond acceptors (Lipinski definition) is 4. The molecule has 0 saturated carbocycles. The summed E-state index contributed by atoms with van der Waals surface area (Å²) >= 11 is 1.57. The number of ether oxygens (including phenoxy) is 1. The highest BCUT2D eigenvalue weighted by Crippen LogP contribution is 2.16. The van der Waals surface area contributed by atoms with Crippen molar-refractivity contribution in [2.45, 2.75) is 17.9 Å². The molecule has 0 aliphatic heterocycles. The molecule has 2 aromatic carbocycles. The second-order valence-corrected chi connectivity index (χ2v) is 5.65. The fraction of sp³-hybridized carbons (Fsp3) is 0.176. The molecule has 0 aromatic heterocycles. The van der Waals surface area contributed by atoms with E-state index in [2.05, 4.69) is 5.32 Å². The third-order valence-electron chi connectivity index (χ3n) is 3.09. The third kappa shape index (κ3) is 4.82. The summed E-state index contributed by atoms with van der Waals surface area (Å²) in [5.41, 5.74) is 0.813. The van der Waals surface area contributed by atoms with E-state index in [9.17, 15) is 14.0 Å². The lowest BCUT2D eigenvalue weighted by molar-refractivity contribution is -0.123. The quantitative estimate of drug-likeness (QED) is 0.669. The Balaban J connectivity index is 1.94. The van der Waals surface area contributed by atoms with Crippen molar-refractivity contribution in [3.63, 3.8) is 0 Å². The number of rotatable bonds is 5. The zero-order valence-electron chi connectivity index (χ0n) is 12.7. The van der Waals surface area contributed by atoms with Gasteiger partial charge in [0.15, 0.2) is 6.10 Å². The van der Waals surface area contributed by atoms with Crippen molar-refractivity contribution >= 4 is 29.3 Å². The molecule has 2 rings (SSSR count). The number of carbonyl (C=O) groups excluding carboxylic acids is 2. The molecule has 0 fully saturated rings. The smallest absolute Gasteiger partial charge is 0.338 e. The SMILES string of the molecule is CSc1ccc(C(=O)O[C@H](C)C(=O)Nc2ccc(F)cc2)cc1. The Hall–Kier alpha value is -2.34. The lowest BCUT2D eigenvalue weighted by Crippen LogP contribution is -2.30. The van der Waals surface area contributed by atoms with Gasteiger partial charge in [0.1, 0.15) is 5.82 Å². The average molecular weight is 333 g/mol. The van der Waals surface area contributed by atoms with Gasteiger partial charge in [0.2, 0.25) is 0 Å². The van der Waals surface area contributed by atoms with Crippen LogP contribution in [0.1, 0.15) is 17.3 Å². The largest absolute Gasteiger partial charge is 0.449 e. The lowest BCUT2D eigenvalue weighted by Gasteiger charge is -2.13. The molecule has 4 nitrogen and oxygen atoms in total. The molecular formula is C17H16FNO3S. The molecule has 0 aliphatic rings. The second kappa shape index (κ2) is 7.78. The molecule has 1 N–H and O–H groups in total. The van der Waals surface area contributed by atoms with Crippen LogP contribution in [0.3, 0.4) is 0 Å². The fourth-order valence-electron chi connectivity index (χ4n) is 1.79. The zero-order chi connectivity index (χ0) is 16.8. The first kappa shape index (κ1) is 17.0. The van der Waals surface area contributed by atoms with E-state index in [1.807, 2.05) is 18.4 Å². The number of anilines is 1. The highest BCUT2D eigenvalue weighted by molar-refractivity contribution is 7.98. The van der Waals surface area contributed by atoms with Gasteiger partial charge in [-0.1, -0.05) is 0 Å². The molecule has 0 heterocycles. The van der Waals surface area contributed by atoms with Crippen molar-refractivity contribution in [3.8, 4) is 0 Å². The molecule has 120 valence electrons. The number of halogens is 1. The molecule has 2 aromatic rings. The average Bonchev–Trinajstić information content (AvgIpc) is 2.56. The van der Waals surface area contributed by atoms with Gasteiger partial charge in [-0.25, -0.2) is 9.18 Å². The monoisotopic (exact) mass is 333 g/mol. The number of carbonyl (C=O) groups is 2. The predicted molar refractivity (Wildman–Crippen MR) is 88.1 cm³/mol. The number of benzene rings is 2. The Morgan fingerprint density at radius 1 is 1.09 bits per heavy atom. The van der Waals surface area contributed by atoms with Crippen LogP contribution in [0.25, 0.3) is 0 Å². The van der Waals surface area contributed by atoms with Crippen molar-refractivity contribution in [3.05, 3.63) is 59.9 Å². The zero-order valence-corrected chi connectivity index (χ0v) is 13.5. The summed E-state index contributed by atoms with van der Waals surface area (Å²) in [6, 6.07) is 12.3. The molecule has 0 saturated heterocycles. The van der Waals surface area contributed by atoms with E-state index in [-0.39, 0.29) is 0 Å². The molecule has 0 aliphatic carbocycles. The van der Waals surface area contributed by atoms with Crippen LogP contribution < -0.4 is 5.32 Å². The van der Waals surface area contributed by atoms with Crippen LogP contribution in [-0.2, 0) is 9.53 Å². The Bertz CT molecular complexity index is 686. The lowest BCUT2D eigenvalue weighted by atomic mass is 10.2. The van der Waals surface area contributed by atoms with Crippen molar-refractivity contribution in [1.29, 1.82) is 0 Å². The Morgan fingerprint density at radius 3 is 2.26 bits per heavy atom. The van der Waals surface area contributed by atoms with E-state index in [1.165, 1.54) is 31.2 Å². The van der Waals surface area contributed by atoms with Crippen LogP contribution in [0, 0.1) is 5.82 Å². The van der Waals surface area contributed by atoms with E-state index >= 15 is 0 Å². The van der Waals surface area contributed by atoms with Gasteiger partial charge in [-0.15, -0.1) is 11.8 Å². The first-order valence-electron chi connectivity index (χ1n) is 6.91. The molecule has 0 radical (unpaired) electrons. The van der Waals surface area contributed by atoms with Gasteiger partial charge in [0.25, 0.3) is 5.91 Å². The van der Waals surface area contributed by atoms with Gasteiger partial charge in [-0.3, -0.25) is 4.79 Å². The summed E-state index contributed by atoms with van der Waals surface area (Å²) in [5.74, 6) is -1.44. The van der Waals surface area contributed by atoms with Gasteiger partial charge < -0.3 is 10.1 Å². The summed E-state index contributed by atoms with van der Waals surface area (Å²) in [6.07, 6.45) is 0.975. The molecular weight excluding hydrogens is 317 g/mol. The summed E-state index contributed by atoms with van der Waals surface area (Å²) in [7, 11) is 0. The molecule has 0 unspecified atom stereocenters. The third-order valence-corrected chi connectivity index (χ3v) is 3.83. The van der Waals surface area contributed by atoms with Crippen molar-refractivity contribution in [2.24, 2.45) is 0 Å². The first-order valence-corrected chi connectivity index (χ1v) is 8.13. The summed E-state index contributed by atoms with van der Waals surface area (Å²) in [6.45, 7) is 1.48. The summed E-state index contributed by atoms with van der Waals surface area (Å²) in [4.78, 5) is 25.0. The Kier molecular flexibility index (Phi) is 5.76. The van der Waals surface area contributed by atoms with E-state index in [1.54, 1.807) is 23.9 Å². The normalized spacial score (nSPS) is 11.6. The Labute approximate surface area is 138 Å². The van der Waals surface area contributed by atoms with Crippen molar-refractivity contribution in [1.82, 2.24) is 0 Å². The summed E-state index contributed by atoms with van der Waals surface area (Å²) < 4.78 is 17.9. The minimum Gasteiger partial charge on any atom is -0.449 e. The van der Waals surface area contributed by atoms with Crippen LogP contribution in [0.5, 0.6) is 0 Å². The number of thioether (sulfide) groups is 1. The highest BCUT2D eigenvalue weighted by atomic mass is 32.2. The number of esters is 1. The summed E-state index contributed by atoms with van der Waals surface area (Å²) in [5, 5.41) is 2.56. The molecule has 23 heavy (non-hydrogen) atoms. The molecule has 1 amide bonds. The van der Waals surface area contributed by atoms with Gasteiger partial charge in [0.05, 0.1) is 5.56 Å². The predicted octanol–water partition coefficient (Wildman–Crippen LogP) is 3.73. The van der Waals surface area contributed by atoms with Crippen LogP contribution >= 0.6 is 11.8 Å². The molecule has 0 bridgehead atoms. The first-order chi connectivity index (χ1) is 11.0. The van der Waals surface area contributed by atoms with Crippen LogP contribution in [0.2, 0.25) is 0 Å². The second-order valence-electron chi connectivity index (χ2n) is 4.77. The number of amides is 1. The van der Waals surface area contributed by atoms with E-state index in [0.29, 0.717) is 11.3 Å². The fourth-order valence-corrected chi connectivity index (χ4v) is 2.19. The van der Waals surface area contributed by atoms with Gasteiger partial charge >= 0.3 is 5.97 Å². The molecule has 1 atom stereocenters. The van der Waals surface area contributed by atoms with Gasteiger partial charge in [-0.2, -0.15) is 0 Å². The standard InChI is InChI=1S/C17H16FNO3S/c1-11(16(20)19-14-7-5-13(18)6-8-14)22-17(21)12-3-9-15(23-2)10-4-12/h3-11H,1-2H3,(H,19,20)/t11-/m1/s1. The van der Waals surface area contributed by atoms with E-state index in [4.69, 9.17) is 4.74 Å². The van der Waals surface area contributed by atoms with Gasteiger partial charge in [0, 0.05) is 10.6 Å². The number of nitrogens with one attached hydrogen (secondary N) is 1. The Morgan fingerprint density at radius 2 is 1.70 bits per heavy atom. The van der Waals surface area contributed by atoms with Crippen LogP contribution in [0.4, 0.5) is 10.1 Å². The maximum atomic E-state index is 12.8. The minimum absolute atomic E-state index is 0.379. The van der Waals surface area contributed by atoms with Crippen LogP contribution in [0.15, 0.2) is 53.4 Å². The van der Waals surface area contributed by atoms with Gasteiger partial charge in [-0.05, 0) is 61.7 Å². The number of hydrogen-bond donors (Lipinski definition) is 1. The highest BCUT2D eigenvalue weighted by Gasteiger charge is 2.19. The minimum atomic E-state index is -0.965. The maximum Gasteiger partial charge on any atom is 0.338 e. The molecule has 0 spiro atoms. The van der Waals surface area contributed by atoms with Crippen molar-refractivity contribution < 1.29 is 18.7 Å². The molecule has 6 heteroatoms. The van der Waals surface area contributed by atoms with E-state index in [0.717, 1.165) is 4.90 Å². The van der Waals surface area contributed by atoms with E-state index < -0.39 is 23.8 Å². The van der Waals surface area contributed by atoms with Crippen LogP contribution in [-0.4, -0.2) is 24.2 Å².